The number of aryl methyl sites for hydroxylation is 1. The van der Waals surface area contributed by atoms with Crippen LogP contribution < -0.4 is 5.69 Å². The fourth-order valence-electron chi connectivity index (χ4n) is 3.49. The van der Waals surface area contributed by atoms with Crippen molar-refractivity contribution in [2.45, 2.75) is 19.9 Å². The van der Waals surface area contributed by atoms with Crippen molar-refractivity contribution < 1.29 is 14.7 Å². The lowest BCUT2D eigenvalue weighted by Gasteiger charge is -2.34. The van der Waals surface area contributed by atoms with Crippen LogP contribution in [0, 0.1) is 11.8 Å². The average molecular weight is 331 g/mol. The topological polar surface area (TPSA) is 84.5 Å². The Morgan fingerprint density at radius 1 is 1.21 bits per heavy atom. The number of para-hydroxylation sites is 2. The number of imidazole rings is 1. The van der Waals surface area contributed by atoms with Crippen molar-refractivity contribution in [3.05, 3.63) is 34.7 Å². The molecule has 1 N–H and O–H groups in total. The van der Waals surface area contributed by atoms with Crippen LogP contribution in [0.4, 0.5) is 0 Å². The van der Waals surface area contributed by atoms with Gasteiger partial charge in [-0.2, -0.15) is 0 Å². The fraction of sp³-hybridized carbons (Fsp3) is 0.471. The molecule has 7 heteroatoms. The number of hydrogen-bond donors (Lipinski definition) is 1. The third-order valence-electron chi connectivity index (χ3n) is 4.71. The number of nitrogens with zero attached hydrogens (tertiary/aromatic N) is 3. The van der Waals surface area contributed by atoms with Gasteiger partial charge in [0.2, 0.25) is 5.91 Å². The summed E-state index contributed by atoms with van der Waals surface area (Å²) in [6.07, 6.45) is 0.577. The van der Waals surface area contributed by atoms with Gasteiger partial charge < -0.3 is 10.0 Å². The molecule has 2 heterocycles. The number of aliphatic carboxylic acids is 1. The number of carbonyl (C=O) groups excluding carboxylic acids is 1. The normalized spacial score (nSPS) is 21.2. The standard InChI is InChI=1S/C17H21N3O4/c1-11-7-12(16(22)23)9-19(8-11)15(21)10-20-14-6-4-3-5-13(14)18(2)17(20)24/h3-6,11-12H,7-10H2,1-2H3,(H,22,23). The minimum atomic E-state index is -0.873. The number of carboxylic acids is 1. The Labute approximate surface area is 139 Å². The molecular weight excluding hydrogens is 310 g/mol. The Morgan fingerprint density at radius 2 is 1.88 bits per heavy atom. The van der Waals surface area contributed by atoms with E-state index in [1.165, 1.54) is 9.13 Å². The molecular formula is C17H21N3O4. The van der Waals surface area contributed by atoms with Gasteiger partial charge in [0.1, 0.15) is 6.54 Å². The van der Waals surface area contributed by atoms with Gasteiger partial charge in [0.25, 0.3) is 0 Å². The second kappa shape index (κ2) is 6.14. The van der Waals surface area contributed by atoms with Crippen molar-refractivity contribution in [1.29, 1.82) is 0 Å². The van der Waals surface area contributed by atoms with Crippen molar-refractivity contribution >= 4 is 22.9 Å². The highest BCUT2D eigenvalue weighted by Crippen LogP contribution is 2.22. The summed E-state index contributed by atoms with van der Waals surface area (Å²) in [5.74, 6) is -1.50. The first-order valence-corrected chi connectivity index (χ1v) is 8.03. The van der Waals surface area contributed by atoms with Crippen LogP contribution in [-0.2, 0) is 23.2 Å². The largest absolute Gasteiger partial charge is 0.481 e. The Balaban J connectivity index is 1.86. The van der Waals surface area contributed by atoms with Crippen molar-refractivity contribution in [1.82, 2.24) is 14.0 Å². The first-order chi connectivity index (χ1) is 11.4. The predicted molar refractivity (Wildman–Crippen MR) is 88.7 cm³/mol. The molecule has 2 atom stereocenters. The second-order valence-electron chi connectivity index (χ2n) is 6.59. The zero-order valence-corrected chi connectivity index (χ0v) is 13.8. The molecule has 0 aliphatic carbocycles. The molecule has 1 aromatic heterocycles. The van der Waals surface area contributed by atoms with Gasteiger partial charge in [-0.25, -0.2) is 4.79 Å². The van der Waals surface area contributed by atoms with Crippen LogP contribution >= 0.6 is 0 Å². The van der Waals surface area contributed by atoms with Crippen LogP contribution in [0.5, 0.6) is 0 Å². The number of fused-ring (bicyclic) bond motifs is 1. The Kier molecular flexibility index (Phi) is 4.17. The highest BCUT2D eigenvalue weighted by atomic mass is 16.4. The van der Waals surface area contributed by atoms with Gasteiger partial charge in [0, 0.05) is 20.1 Å². The number of aromatic nitrogens is 2. The maximum atomic E-state index is 12.7. The van der Waals surface area contributed by atoms with Gasteiger partial charge in [0.15, 0.2) is 0 Å². The van der Waals surface area contributed by atoms with Crippen molar-refractivity contribution in [3.63, 3.8) is 0 Å². The zero-order chi connectivity index (χ0) is 17.4. The van der Waals surface area contributed by atoms with E-state index in [-0.39, 0.29) is 30.6 Å². The van der Waals surface area contributed by atoms with Gasteiger partial charge >= 0.3 is 11.7 Å². The van der Waals surface area contributed by atoms with E-state index in [1.54, 1.807) is 11.9 Å². The monoisotopic (exact) mass is 331 g/mol. The molecule has 1 aromatic carbocycles. The average Bonchev–Trinajstić information content (AvgIpc) is 2.79. The van der Waals surface area contributed by atoms with Crippen LogP contribution in [0.25, 0.3) is 11.0 Å². The molecule has 1 fully saturated rings. The molecule has 0 spiro atoms. The summed E-state index contributed by atoms with van der Waals surface area (Å²) in [6, 6.07) is 7.31. The first-order valence-electron chi connectivity index (χ1n) is 8.03. The van der Waals surface area contributed by atoms with Crippen LogP contribution in [-0.4, -0.2) is 44.1 Å². The molecule has 1 aliphatic heterocycles. The Morgan fingerprint density at radius 3 is 2.54 bits per heavy atom. The SMILES string of the molecule is CC1CC(C(=O)O)CN(C(=O)Cn2c(=O)n(C)c3ccccc32)C1. The lowest BCUT2D eigenvalue weighted by molar-refractivity contribution is -0.147. The number of rotatable bonds is 3. The maximum Gasteiger partial charge on any atom is 0.329 e. The van der Waals surface area contributed by atoms with Crippen molar-refractivity contribution in [2.75, 3.05) is 13.1 Å². The van der Waals surface area contributed by atoms with E-state index in [4.69, 9.17) is 0 Å². The highest BCUT2D eigenvalue weighted by Gasteiger charge is 2.32. The summed E-state index contributed by atoms with van der Waals surface area (Å²) in [4.78, 5) is 37.9. The lowest BCUT2D eigenvalue weighted by atomic mass is 9.90. The van der Waals surface area contributed by atoms with Crippen LogP contribution in [0.15, 0.2) is 29.1 Å². The van der Waals surface area contributed by atoms with Crippen LogP contribution in [0.1, 0.15) is 13.3 Å². The van der Waals surface area contributed by atoms with Gasteiger partial charge in [-0.1, -0.05) is 19.1 Å². The Bertz CT molecular complexity index is 851. The summed E-state index contributed by atoms with van der Waals surface area (Å²) in [5.41, 5.74) is 1.23. The minimum absolute atomic E-state index is 0.0702. The van der Waals surface area contributed by atoms with Crippen LogP contribution in [0.3, 0.4) is 0 Å². The molecule has 1 aliphatic rings. The zero-order valence-electron chi connectivity index (χ0n) is 13.8. The van der Waals surface area contributed by atoms with E-state index in [0.717, 1.165) is 5.52 Å². The molecule has 1 saturated heterocycles. The van der Waals surface area contributed by atoms with E-state index < -0.39 is 11.9 Å². The quantitative estimate of drug-likeness (QED) is 0.906. The van der Waals surface area contributed by atoms with Crippen molar-refractivity contribution in [3.8, 4) is 0 Å². The van der Waals surface area contributed by atoms with Gasteiger partial charge in [-0.15, -0.1) is 0 Å². The number of amides is 1. The number of carboxylic acid groups (broad SMARTS) is 1. The van der Waals surface area contributed by atoms with Gasteiger partial charge in [-0.3, -0.25) is 18.7 Å². The third-order valence-corrected chi connectivity index (χ3v) is 4.71. The number of likely N-dealkylation sites (tertiary alicyclic amines) is 1. The summed E-state index contributed by atoms with van der Waals surface area (Å²) in [5, 5.41) is 9.24. The maximum absolute atomic E-state index is 12.7. The molecule has 128 valence electrons. The third kappa shape index (κ3) is 2.81. The number of carbonyl (C=O) groups is 2. The summed E-state index contributed by atoms with van der Waals surface area (Å²) in [7, 11) is 1.68. The molecule has 1 amide bonds. The predicted octanol–water partition coefficient (Wildman–Crippen LogP) is 0.909. The van der Waals surface area contributed by atoms with Gasteiger partial charge in [0.05, 0.1) is 17.0 Å². The smallest absolute Gasteiger partial charge is 0.329 e. The van der Waals surface area contributed by atoms with Crippen LogP contribution in [0.2, 0.25) is 0 Å². The van der Waals surface area contributed by atoms with E-state index in [9.17, 15) is 19.5 Å². The Hall–Kier alpha value is -2.57. The lowest BCUT2D eigenvalue weighted by Crippen LogP contribution is -2.47. The molecule has 0 radical (unpaired) electrons. The number of hydrogen-bond acceptors (Lipinski definition) is 3. The minimum Gasteiger partial charge on any atom is -0.481 e. The second-order valence-corrected chi connectivity index (χ2v) is 6.59. The van der Waals surface area contributed by atoms with Gasteiger partial charge in [-0.05, 0) is 24.5 Å². The molecule has 3 rings (SSSR count). The number of benzene rings is 1. The van der Waals surface area contributed by atoms with E-state index in [0.29, 0.717) is 18.5 Å². The van der Waals surface area contributed by atoms with E-state index >= 15 is 0 Å². The number of piperidine rings is 1. The molecule has 2 unspecified atom stereocenters. The summed E-state index contributed by atoms with van der Waals surface area (Å²) in [6.45, 7) is 2.61. The molecule has 7 nitrogen and oxygen atoms in total. The molecule has 0 bridgehead atoms. The highest BCUT2D eigenvalue weighted by molar-refractivity contribution is 5.81. The van der Waals surface area contributed by atoms with E-state index in [2.05, 4.69) is 0 Å². The first kappa shape index (κ1) is 16.3. The summed E-state index contributed by atoms with van der Waals surface area (Å²) < 4.78 is 2.97. The molecule has 24 heavy (non-hydrogen) atoms. The van der Waals surface area contributed by atoms with E-state index in [1.807, 2.05) is 31.2 Å². The van der Waals surface area contributed by atoms with Crippen molar-refractivity contribution in [2.24, 2.45) is 18.9 Å². The molecule has 0 saturated carbocycles. The summed E-state index contributed by atoms with van der Waals surface area (Å²) >= 11 is 0. The molecule has 2 aromatic rings. The fourth-order valence-corrected chi connectivity index (χ4v) is 3.49.